The largest absolute Gasteiger partial charge is 0.288 e. The van der Waals surface area contributed by atoms with Crippen molar-refractivity contribution in [1.29, 1.82) is 0 Å². The van der Waals surface area contributed by atoms with E-state index in [9.17, 15) is 9.59 Å². The van der Waals surface area contributed by atoms with Crippen molar-refractivity contribution >= 4 is 35.1 Å². The number of halogens is 1. The molecule has 4 rings (SSSR count). The number of aromatic nitrogens is 2. The van der Waals surface area contributed by atoms with Crippen molar-refractivity contribution in [2.24, 2.45) is 0 Å². The summed E-state index contributed by atoms with van der Waals surface area (Å²) in [5.41, 5.74) is 3.29. The summed E-state index contributed by atoms with van der Waals surface area (Å²) in [5.74, 6) is -0.787. The molecular formula is C20H14ClN3O2. The molecule has 0 unspecified atom stereocenters. The molecule has 1 aromatic heterocycles. The Balaban J connectivity index is 1.66. The Hall–Kier alpha value is -3.18. The summed E-state index contributed by atoms with van der Waals surface area (Å²) < 4.78 is 1.76. The number of nitrogens with zero attached hydrogens (tertiary/aromatic N) is 2. The van der Waals surface area contributed by atoms with Gasteiger partial charge in [0.25, 0.3) is 11.8 Å². The van der Waals surface area contributed by atoms with E-state index >= 15 is 0 Å². The van der Waals surface area contributed by atoms with Crippen LogP contribution < -0.4 is 5.32 Å². The van der Waals surface area contributed by atoms with Gasteiger partial charge in [0, 0.05) is 27.9 Å². The molecule has 0 atom stereocenters. The zero-order valence-corrected chi connectivity index (χ0v) is 14.4. The second-order valence-electron chi connectivity index (χ2n) is 5.95. The van der Waals surface area contributed by atoms with E-state index in [2.05, 4.69) is 10.4 Å². The first-order chi connectivity index (χ1) is 12.6. The molecule has 128 valence electrons. The van der Waals surface area contributed by atoms with Gasteiger partial charge in [0.15, 0.2) is 0 Å². The third-order valence-electron chi connectivity index (χ3n) is 4.19. The number of nitrogens with one attached hydrogen (secondary N) is 1. The van der Waals surface area contributed by atoms with Gasteiger partial charge in [0.1, 0.15) is 0 Å². The fourth-order valence-corrected chi connectivity index (χ4v) is 3.12. The molecule has 5 nitrogen and oxygen atoms in total. The molecule has 0 fully saturated rings. The van der Waals surface area contributed by atoms with Gasteiger partial charge >= 0.3 is 0 Å². The van der Waals surface area contributed by atoms with Gasteiger partial charge < -0.3 is 0 Å². The maximum absolute atomic E-state index is 12.3. The molecule has 0 spiro atoms. The van der Waals surface area contributed by atoms with Crippen LogP contribution in [0.2, 0.25) is 5.02 Å². The quantitative estimate of drug-likeness (QED) is 0.573. The zero-order chi connectivity index (χ0) is 18.1. The van der Waals surface area contributed by atoms with Crippen LogP contribution in [0, 0.1) is 0 Å². The summed E-state index contributed by atoms with van der Waals surface area (Å²) in [7, 11) is 0. The molecule has 2 aromatic carbocycles. The molecule has 0 aliphatic carbocycles. The number of hydrogen-bond acceptors (Lipinski definition) is 3. The Morgan fingerprint density at radius 2 is 1.73 bits per heavy atom. The lowest BCUT2D eigenvalue weighted by Crippen LogP contribution is -2.36. The van der Waals surface area contributed by atoms with E-state index in [0.29, 0.717) is 28.3 Å². The Morgan fingerprint density at radius 1 is 1.00 bits per heavy atom. The molecule has 0 saturated heterocycles. The molecule has 1 N–H and O–H groups in total. The first-order valence-corrected chi connectivity index (χ1v) is 8.42. The fourth-order valence-electron chi connectivity index (χ4n) is 2.93. The molecule has 0 radical (unpaired) electrons. The first-order valence-electron chi connectivity index (χ1n) is 8.04. The van der Waals surface area contributed by atoms with Crippen molar-refractivity contribution in [3.05, 3.63) is 88.2 Å². The number of carbonyl (C=O) groups is 2. The van der Waals surface area contributed by atoms with E-state index in [1.54, 1.807) is 41.2 Å². The van der Waals surface area contributed by atoms with Crippen LogP contribution in [0.25, 0.3) is 11.6 Å². The van der Waals surface area contributed by atoms with Gasteiger partial charge in [-0.25, -0.2) is 0 Å². The number of amides is 2. The van der Waals surface area contributed by atoms with Crippen LogP contribution in [0.15, 0.2) is 60.9 Å². The molecule has 26 heavy (non-hydrogen) atoms. The Bertz CT molecular complexity index is 1050. The number of fused-ring (bicyclic) bond motifs is 1. The van der Waals surface area contributed by atoms with Crippen LogP contribution in [-0.2, 0) is 11.3 Å². The van der Waals surface area contributed by atoms with Crippen LogP contribution in [0.3, 0.4) is 0 Å². The van der Waals surface area contributed by atoms with Crippen molar-refractivity contribution in [3.8, 4) is 0 Å². The summed E-state index contributed by atoms with van der Waals surface area (Å²) in [5, 5.41) is 7.38. The number of carbonyl (C=O) groups excluding carboxylic acids is 2. The second kappa shape index (κ2) is 6.61. The van der Waals surface area contributed by atoms with Crippen molar-refractivity contribution in [1.82, 2.24) is 15.1 Å². The summed E-state index contributed by atoms with van der Waals surface area (Å²) in [6.07, 6.45) is 5.25. The molecule has 2 heterocycles. The Labute approximate surface area is 154 Å². The summed E-state index contributed by atoms with van der Waals surface area (Å²) >= 11 is 6.19. The first kappa shape index (κ1) is 16.3. The average Bonchev–Trinajstić information content (AvgIpc) is 3.08. The highest BCUT2D eigenvalue weighted by molar-refractivity contribution is 6.34. The van der Waals surface area contributed by atoms with E-state index in [0.717, 1.165) is 11.1 Å². The maximum atomic E-state index is 12.3. The zero-order valence-electron chi connectivity index (χ0n) is 13.6. The van der Waals surface area contributed by atoms with Crippen molar-refractivity contribution in [2.75, 3.05) is 0 Å². The van der Waals surface area contributed by atoms with Gasteiger partial charge in [0.2, 0.25) is 0 Å². The smallest absolute Gasteiger partial charge is 0.258 e. The predicted molar refractivity (Wildman–Crippen MR) is 99.6 cm³/mol. The van der Waals surface area contributed by atoms with E-state index in [1.807, 2.05) is 30.5 Å². The third-order valence-corrected chi connectivity index (χ3v) is 4.56. The second-order valence-corrected chi connectivity index (χ2v) is 6.36. The summed E-state index contributed by atoms with van der Waals surface area (Å²) in [4.78, 5) is 24.2. The number of benzene rings is 2. The van der Waals surface area contributed by atoms with E-state index < -0.39 is 5.91 Å². The molecule has 0 bridgehead atoms. The molecular weight excluding hydrogens is 350 g/mol. The van der Waals surface area contributed by atoms with Gasteiger partial charge in [-0.2, -0.15) is 5.10 Å². The van der Waals surface area contributed by atoms with Crippen molar-refractivity contribution in [3.63, 3.8) is 0 Å². The fraction of sp³-hybridized carbons (Fsp3) is 0.0500. The standard InChI is InChI=1S/C20H14ClN3O2/c21-18-8-4-1-5-14(18)12-24-11-13(10-22-24)9-17-15-6-2-3-7-16(15)19(25)23-20(17)26/h1-11H,12H2,(H,23,25,26)/b17-9+. The minimum absolute atomic E-state index is 0.378. The monoisotopic (exact) mass is 363 g/mol. The molecule has 2 amide bonds. The topological polar surface area (TPSA) is 64.0 Å². The summed E-state index contributed by atoms with van der Waals surface area (Å²) in [6.45, 7) is 0.532. The van der Waals surface area contributed by atoms with Gasteiger partial charge in [-0.15, -0.1) is 0 Å². The third kappa shape index (κ3) is 3.05. The number of rotatable bonds is 3. The highest BCUT2D eigenvalue weighted by atomic mass is 35.5. The minimum Gasteiger partial charge on any atom is -0.288 e. The van der Waals surface area contributed by atoms with Crippen LogP contribution in [0.1, 0.15) is 27.0 Å². The van der Waals surface area contributed by atoms with Crippen molar-refractivity contribution in [2.45, 2.75) is 6.54 Å². The van der Waals surface area contributed by atoms with Gasteiger partial charge in [-0.3, -0.25) is 19.6 Å². The minimum atomic E-state index is -0.410. The van der Waals surface area contributed by atoms with E-state index in [1.165, 1.54) is 0 Å². The maximum Gasteiger partial charge on any atom is 0.258 e. The van der Waals surface area contributed by atoms with Gasteiger partial charge in [0.05, 0.1) is 12.7 Å². The van der Waals surface area contributed by atoms with Crippen molar-refractivity contribution < 1.29 is 9.59 Å². The molecule has 1 aliphatic rings. The molecule has 1 aliphatic heterocycles. The van der Waals surface area contributed by atoms with E-state index in [4.69, 9.17) is 11.6 Å². The Morgan fingerprint density at radius 3 is 2.54 bits per heavy atom. The van der Waals surface area contributed by atoms with Crippen LogP contribution in [0.5, 0.6) is 0 Å². The highest BCUT2D eigenvalue weighted by Crippen LogP contribution is 2.26. The summed E-state index contributed by atoms with van der Waals surface area (Å²) in [6, 6.07) is 14.6. The average molecular weight is 364 g/mol. The molecule has 6 heteroatoms. The predicted octanol–water partition coefficient (Wildman–Crippen LogP) is 3.40. The van der Waals surface area contributed by atoms with Crippen LogP contribution in [-0.4, -0.2) is 21.6 Å². The lowest BCUT2D eigenvalue weighted by atomic mass is 9.94. The lowest BCUT2D eigenvalue weighted by Gasteiger charge is -2.17. The number of imide groups is 1. The normalized spacial score (nSPS) is 15.0. The highest BCUT2D eigenvalue weighted by Gasteiger charge is 2.26. The van der Waals surface area contributed by atoms with Crippen LogP contribution in [0.4, 0.5) is 0 Å². The SMILES string of the molecule is O=C1NC(=O)c2ccccc2/C1=C\c1cnn(Cc2ccccc2Cl)c1. The molecule has 3 aromatic rings. The lowest BCUT2D eigenvalue weighted by molar-refractivity contribution is -0.114. The van der Waals surface area contributed by atoms with Crippen LogP contribution >= 0.6 is 11.6 Å². The number of hydrogen-bond donors (Lipinski definition) is 1. The molecule has 0 saturated carbocycles. The van der Waals surface area contributed by atoms with Gasteiger partial charge in [-0.1, -0.05) is 48.0 Å². The van der Waals surface area contributed by atoms with E-state index in [-0.39, 0.29) is 5.91 Å². The van der Waals surface area contributed by atoms with Gasteiger partial charge in [-0.05, 0) is 29.3 Å². The Kier molecular flexibility index (Phi) is 4.14.